The summed E-state index contributed by atoms with van der Waals surface area (Å²) in [5.74, 6) is 0.0626. The second kappa shape index (κ2) is 5.44. The molecule has 1 fully saturated rings. The highest BCUT2D eigenvalue weighted by Crippen LogP contribution is 2.19. The van der Waals surface area contributed by atoms with Gasteiger partial charge in [-0.15, -0.1) is 0 Å². The lowest BCUT2D eigenvalue weighted by atomic mass is 10.0. The van der Waals surface area contributed by atoms with Gasteiger partial charge in [-0.25, -0.2) is 4.98 Å². The third kappa shape index (κ3) is 2.51. The van der Waals surface area contributed by atoms with E-state index in [1.807, 2.05) is 32.0 Å². The first-order valence-electron chi connectivity index (χ1n) is 7.36. The number of carbonyl (C=O) groups excluding carboxylic acids is 1. The molecule has 1 atom stereocenters. The number of hydrogen-bond donors (Lipinski definition) is 1. The van der Waals surface area contributed by atoms with E-state index in [0.29, 0.717) is 11.6 Å². The largest absolute Gasteiger partial charge is 0.337 e. The SMILES string of the molecule is CNC1CCCN(C(=O)c2cnc3c(c2)c(C)nn3C)C1. The Morgan fingerprint density at radius 2 is 2.29 bits per heavy atom. The van der Waals surface area contributed by atoms with Crippen LogP contribution < -0.4 is 5.32 Å². The molecule has 1 unspecified atom stereocenters. The first-order chi connectivity index (χ1) is 10.1. The Morgan fingerprint density at radius 3 is 3.05 bits per heavy atom. The lowest BCUT2D eigenvalue weighted by Gasteiger charge is -2.32. The van der Waals surface area contributed by atoms with Crippen molar-refractivity contribution in [1.82, 2.24) is 25.0 Å². The predicted octanol–water partition coefficient (Wildman–Crippen LogP) is 1.10. The maximum atomic E-state index is 12.7. The van der Waals surface area contributed by atoms with Crippen molar-refractivity contribution in [3.63, 3.8) is 0 Å². The van der Waals surface area contributed by atoms with Gasteiger partial charge in [-0.1, -0.05) is 0 Å². The molecule has 1 saturated heterocycles. The summed E-state index contributed by atoms with van der Waals surface area (Å²) < 4.78 is 1.75. The van der Waals surface area contributed by atoms with Crippen molar-refractivity contribution in [3.05, 3.63) is 23.5 Å². The van der Waals surface area contributed by atoms with Crippen LogP contribution in [-0.2, 0) is 7.05 Å². The first kappa shape index (κ1) is 14.0. The fourth-order valence-electron chi connectivity index (χ4n) is 3.00. The number of hydrogen-bond acceptors (Lipinski definition) is 4. The Labute approximate surface area is 124 Å². The number of likely N-dealkylation sites (N-methyl/N-ethyl adjacent to an activating group) is 1. The van der Waals surface area contributed by atoms with E-state index in [0.717, 1.165) is 42.7 Å². The molecule has 1 aliphatic rings. The minimum atomic E-state index is 0.0626. The van der Waals surface area contributed by atoms with Gasteiger partial charge in [0, 0.05) is 37.8 Å². The minimum absolute atomic E-state index is 0.0626. The van der Waals surface area contributed by atoms with Crippen LogP contribution in [0.25, 0.3) is 11.0 Å². The summed E-state index contributed by atoms with van der Waals surface area (Å²) >= 11 is 0. The van der Waals surface area contributed by atoms with Crippen molar-refractivity contribution in [1.29, 1.82) is 0 Å². The highest BCUT2D eigenvalue weighted by molar-refractivity contribution is 5.97. The van der Waals surface area contributed by atoms with Gasteiger partial charge in [0.05, 0.1) is 11.3 Å². The second-order valence-corrected chi connectivity index (χ2v) is 5.68. The van der Waals surface area contributed by atoms with E-state index in [1.165, 1.54) is 0 Å². The van der Waals surface area contributed by atoms with E-state index in [4.69, 9.17) is 0 Å². The second-order valence-electron chi connectivity index (χ2n) is 5.68. The third-order valence-corrected chi connectivity index (χ3v) is 4.23. The smallest absolute Gasteiger partial charge is 0.255 e. The molecule has 6 nitrogen and oxygen atoms in total. The van der Waals surface area contributed by atoms with Crippen LogP contribution in [0, 0.1) is 6.92 Å². The molecule has 1 amide bonds. The van der Waals surface area contributed by atoms with E-state index in [9.17, 15) is 4.79 Å². The van der Waals surface area contributed by atoms with E-state index in [-0.39, 0.29) is 5.91 Å². The number of rotatable bonds is 2. The van der Waals surface area contributed by atoms with Crippen LogP contribution in [0.1, 0.15) is 28.9 Å². The molecule has 2 aromatic heterocycles. The lowest BCUT2D eigenvalue weighted by Crippen LogP contribution is -2.46. The molecule has 0 radical (unpaired) electrons. The van der Waals surface area contributed by atoms with Crippen molar-refractivity contribution in [2.45, 2.75) is 25.8 Å². The molecular formula is C15H21N5O. The molecule has 0 aromatic carbocycles. The van der Waals surface area contributed by atoms with Gasteiger partial charge in [-0.2, -0.15) is 5.10 Å². The monoisotopic (exact) mass is 287 g/mol. The van der Waals surface area contributed by atoms with Gasteiger partial charge >= 0.3 is 0 Å². The fourth-order valence-corrected chi connectivity index (χ4v) is 3.00. The molecule has 1 aliphatic heterocycles. The topological polar surface area (TPSA) is 63.1 Å². The average Bonchev–Trinajstić information content (AvgIpc) is 2.81. The Morgan fingerprint density at radius 1 is 1.48 bits per heavy atom. The molecule has 0 aliphatic carbocycles. The summed E-state index contributed by atoms with van der Waals surface area (Å²) in [7, 11) is 3.82. The predicted molar refractivity (Wildman–Crippen MR) is 81.2 cm³/mol. The quantitative estimate of drug-likeness (QED) is 0.898. The summed E-state index contributed by atoms with van der Waals surface area (Å²) in [6.07, 6.45) is 3.83. The Hall–Kier alpha value is -1.95. The molecule has 2 aromatic rings. The molecule has 112 valence electrons. The lowest BCUT2D eigenvalue weighted by molar-refractivity contribution is 0.0698. The number of aryl methyl sites for hydroxylation is 2. The van der Waals surface area contributed by atoms with Crippen molar-refractivity contribution in [2.24, 2.45) is 7.05 Å². The van der Waals surface area contributed by atoms with Gasteiger partial charge in [-0.05, 0) is 32.9 Å². The number of piperidine rings is 1. The number of fused-ring (bicyclic) bond motifs is 1. The zero-order chi connectivity index (χ0) is 15.0. The molecule has 21 heavy (non-hydrogen) atoms. The minimum Gasteiger partial charge on any atom is -0.337 e. The maximum Gasteiger partial charge on any atom is 0.255 e. The maximum absolute atomic E-state index is 12.7. The van der Waals surface area contributed by atoms with Gasteiger partial charge in [0.15, 0.2) is 5.65 Å². The Balaban J connectivity index is 1.89. The molecule has 3 heterocycles. The van der Waals surface area contributed by atoms with Crippen molar-refractivity contribution in [3.8, 4) is 0 Å². The highest BCUT2D eigenvalue weighted by atomic mass is 16.2. The van der Waals surface area contributed by atoms with E-state index >= 15 is 0 Å². The number of amides is 1. The summed E-state index contributed by atoms with van der Waals surface area (Å²) in [6, 6.07) is 2.30. The highest BCUT2D eigenvalue weighted by Gasteiger charge is 2.24. The van der Waals surface area contributed by atoms with Crippen molar-refractivity contribution >= 4 is 16.9 Å². The standard InChI is InChI=1S/C15H21N5O/c1-10-13-7-11(8-17-14(13)19(3)18-10)15(21)20-6-4-5-12(9-20)16-2/h7-8,12,16H,4-6,9H2,1-3H3. The van der Waals surface area contributed by atoms with Crippen molar-refractivity contribution < 1.29 is 4.79 Å². The normalized spacial score (nSPS) is 19.2. The van der Waals surface area contributed by atoms with Gasteiger partial charge in [-0.3, -0.25) is 9.48 Å². The van der Waals surface area contributed by atoms with Crippen LogP contribution in [0.2, 0.25) is 0 Å². The van der Waals surface area contributed by atoms with Gasteiger partial charge in [0.2, 0.25) is 0 Å². The molecule has 0 bridgehead atoms. The van der Waals surface area contributed by atoms with Crippen LogP contribution >= 0.6 is 0 Å². The van der Waals surface area contributed by atoms with Crippen LogP contribution in [0.15, 0.2) is 12.3 Å². The molecule has 6 heteroatoms. The summed E-state index contributed by atoms with van der Waals surface area (Å²) in [6.45, 7) is 3.52. The number of carbonyl (C=O) groups is 1. The van der Waals surface area contributed by atoms with Crippen LogP contribution in [0.4, 0.5) is 0 Å². The van der Waals surface area contributed by atoms with Gasteiger partial charge < -0.3 is 10.2 Å². The number of pyridine rings is 1. The molecule has 0 spiro atoms. The molecule has 3 rings (SSSR count). The summed E-state index contributed by atoms with van der Waals surface area (Å²) in [5.41, 5.74) is 2.37. The first-order valence-corrected chi connectivity index (χ1v) is 7.36. The van der Waals surface area contributed by atoms with Gasteiger partial charge in [0.25, 0.3) is 5.91 Å². The van der Waals surface area contributed by atoms with E-state index < -0.39 is 0 Å². The van der Waals surface area contributed by atoms with Crippen LogP contribution in [-0.4, -0.2) is 51.8 Å². The number of nitrogens with zero attached hydrogens (tertiary/aromatic N) is 4. The third-order valence-electron chi connectivity index (χ3n) is 4.23. The number of nitrogens with one attached hydrogen (secondary N) is 1. The van der Waals surface area contributed by atoms with Crippen LogP contribution in [0.5, 0.6) is 0 Å². The summed E-state index contributed by atoms with van der Waals surface area (Å²) in [4.78, 5) is 19.0. The molecular weight excluding hydrogens is 266 g/mol. The molecule has 1 N–H and O–H groups in total. The Kier molecular flexibility index (Phi) is 3.63. The zero-order valence-corrected chi connectivity index (χ0v) is 12.8. The van der Waals surface area contributed by atoms with Gasteiger partial charge in [0.1, 0.15) is 0 Å². The van der Waals surface area contributed by atoms with E-state index in [1.54, 1.807) is 10.9 Å². The molecule has 0 saturated carbocycles. The van der Waals surface area contributed by atoms with Crippen LogP contribution in [0.3, 0.4) is 0 Å². The van der Waals surface area contributed by atoms with E-state index in [2.05, 4.69) is 15.4 Å². The fraction of sp³-hybridized carbons (Fsp3) is 0.533. The summed E-state index contributed by atoms with van der Waals surface area (Å²) in [5, 5.41) is 8.56. The number of aromatic nitrogens is 3. The average molecular weight is 287 g/mol. The zero-order valence-electron chi connectivity index (χ0n) is 12.8. The Bertz CT molecular complexity index is 678. The van der Waals surface area contributed by atoms with Crippen molar-refractivity contribution in [2.75, 3.05) is 20.1 Å². The number of likely N-dealkylation sites (tertiary alicyclic amines) is 1.